The largest absolute Gasteiger partial charge is 0.383 e. The Bertz CT molecular complexity index is 512. The fraction of sp³-hybridized carbons (Fsp3) is 0.0909. The Morgan fingerprint density at radius 2 is 1.94 bits per heavy atom. The van der Waals surface area contributed by atoms with E-state index in [1.54, 1.807) is 12.1 Å². The van der Waals surface area contributed by atoms with Crippen LogP contribution in [0.3, 0.4) is 0 Å². The molecule has 1 atom stereocenters. The smallest absolute Gasteiger partial charge is 0.115 e. The molecule has 0 radical (unpaired) electrons. The lowest BCUT2D eigenvalue weighted by Crippen LogP contribution is -1.97. The van der Waals surface area contributed by atoms with Gasteiger partial charge in [-0.05, 0) is 45.1 Å². The molecular weight excluding hydrogens is 331 g/mol. The molecule has 1 N–H and O–H groups in total. The first kappa shape index (κ1) is 12.4. The first-order valence-electron chi connectivity index (χ1n) is 4.45. The van der Waals surface area contributed by atoms with Crippen molar-refractivity contribution in [1.82, 2.24) is 0 Å². The minimum atomic E-state index is -0.724. The van der Waals surface area contributed by atoms with Crippen LogP contribution in [0.25, 0.3) is 0 Å². The normalized spacial score (nSPS) is 12.8. The van der Waals surface area contributed by atoms with Crippen LogP contribution in [0.2, 0.25) is 10.0 Å². The fourth-order valence-electron chi connectivity index (χ4n) is 1.33. The van der Waals surface area contributed by atoms with E-state index in [0.717, 1.165) is 14.9 Å². The van der Waals surface area contributed by atoms with E-state index in [1.165, 1.54) is 11.3 Å². The number of benzene rings is 1. The summed E-state index contributed by atoms with van der Waals surface area (Å²) in [6.07, 6.45) is -0.724. The van der Waals surface area contributed by atoms with Crippen LogP contribution in [0.4, 0.5) is 0 Å². The van der Waals surface area contributed by atoms with Crippen molar-refractivity contribution in [3.05, 3.63) is 54.6 Å². The number of aliphatic hydroxyl groups is 1. The molecule has 0 spiro atoms. The standard InChI is InChI=1S/C11H7BrCl2OS/c12-7-2-1-6(5-9(7)14)10(15)11-8(13)3-4-16-11/h1-5,10,15H. The summed E-state index contributed by atoms with van der Waals surface area (Å²) in [5.74, 6) is 0. The Labute approximate surface area is 116 Å². The molecule has 0 bridgehead atoms. The molecule has 2 rings (SSSR count). The van der Waals surface area contributed by atoms with Crippen molar-refractivity contribution in [3.8, 4) is 0 Å². The second-order valence-electron chi connectivity index (χ2n) is 3.21. The molecule has 0 fully saturated rings. The van der Waals surface area contributed by atoms with E-state index in [-0.39, 0.29) is 0 Å². The Hall–Kier alpha value is -0.0600. The second kappa shape index (κ2) is 5.07. The van der Waals surface area contributed by atoms with E-state index in [0.29, 0.717) is 10.0 Å². The van der Waals surface area contributed by atoms with E-state index in [1.807, 2.05) is 17.5 Å². The van der Waals surface area contributed by atoms with Crippen LogP contribution in [0.15, 0.2) is 34.1 Å². The number of thiophene rings is 1. The van der Waals surface area contributed by atoms with Gasteiger partial charge in [0.15, 0.2) is 0 Å². The number of halogens is 3. The topological polar surface area (TPSA) is 20.2 Å². The van der Waals surface area contributed by atoms with Crippen LogP contribution >= 0.6 is 50.5 Å². The van der Waals surface area contributed by atoms with Crippen molar-refractivity contribution in [1.29, 1.82) is 0 Å². The van der Waals surface area contributed by atoms with Gasteiger partial charge in [-0.15, -0.1) is 11.3 Å². The van der Waals surface area contributed by atoms with E-state index < -0.39 is 6.10 Å². The van der Waals surface area contributed by atoms with Crippen LogP contribution in [0.1, 0.15) is 16.5 Å². The lowest BCUT2D eigenvalue weighted by atomic mass is 10.1. The maximum atomic E-state index is 10.1. The zero-order valence-electron chi connectivity index (χ0n) is 7.95. The SMILES string of the molecule is OC(c1ccc(Br)c(Cl)c1)c1sccc1Cl. The highest BCUT2D eigenvalue weighted by Crippen LogP contribution is 2.34. The highest BCUT2D eigenvalue weighted by molar-refractivity contribution is 9.10. The molecule has 1 unspecified atom stereocenters. The van der Waals surface area contributed by atoms with Crippen molar-refractivity contribution in [2.24, 2.45) is 0 Å². The molecule has 0 amide bonds. The van der Waals surface area contributed by atoms with Gasteiger partial charge in [-0.3, -0.25) is 0 Å². The minimum Gasteiger partial charge on any atom is -0.383 e. The molecule has 0 saturated heterocycles. The fourth-order valence-corrected chi connectivity index (χ4v) is 2.94. The van der Waals surface area contributed by atoms with Crippen molar-refractivity contribution < 1.29 is 5.11 Å². The number of rotatable bonds is 2. The van der Waals surface area contributed by atoms with Crippen LogP contribution in [0.5, 0.6) is 0 Å². The van der Waals surface area contributed by atoms with Gasteiger partial charge >= 0.3 is 0 Å². The van der Waals surface area contributed by atoms with Crippen LogP contribution in [0, 0.1) is 0 Å². The van der Waals surface area contributed by atoms with Gasteiger partial charge < -0.3 is 5.11 Å². The van der Waals surface area contributed by atoms with Crippen LogP contribution in [-0.2, 0) is 0 Å². The molecule has 0 saturated carbocycles. The molecule has 5 heteroatoms. The molecule has 0 aliphatic rings. The Kier molecular flexibility index (Phi) is 3.93. The van der Waals surface area contributed by atoms with Crippen molar-refractivity contribution in [2.45, 2.75) is 6.10 Å². The first-order chi connectivity index (χ1) is 7.59. The van der Waals surface area contributed by atoms with Gasteiger partial charge in [0.2, 0.25) is 0 Å². The Morgan fingerprint density at radius 3 is 2.50 bits per heavy atom. The van der Waals surface area contributed by atoms with Gasteiger partial charge in [0.05, 0.1) is 14.9 Å². The summed E-state index contributed by atoms with van der Waals surface area (Å²) in [6, 6.07) is 7.12. The molecule has 0 aliphatic carbocycles. The van der Waals surface area contributed by atoms with Gasteiger partial charge in [-0.25, -0.2) is 0 Å². The maximum absolute atomic E-state index is 10.1. The third-order valence-electron chi connectivity index (χ3n) is 2.15. The first-order valence-corrected chi connectivity index (χ1v) is 6.88. The van der Waals surface area contributed by atoms with Gasteiger partial charge in [-0.2, -0.15) is 0 Å². The predicted octanol–water partition coefficient (Wildman–Crippen LogP) is 4.90. The second-order valence-corrected chi connectivity index (χ2v) is 5.83. The van der Waals surface area contributed by atoms with Crippen LogP contribution < -0.4 is 0 Å². The van der Waals surface area contributed by atoms with Gasteiger partial charge in [-0.1, -0.05) is 29.3 Å². The van der Waals surface area contributed by atoms with Gasteiger partial charge in [0, 0.05) is 4.47 Å². The average Bonchev–Trinajstić information content (AvgIpc) is 2.67. The van der Waals surface area contributed by atoms with E-state index in [9.17, 15) is 5.11 Å². The van der Waals surface area contributed by atoms with Gasteiger partial charge in [0.1, 0.15) is 6.10 Å². The summed E-state index contributed by atoms with van der Waals surface area (Å²) in [5.41, 5.74) is 0.734. The number of hydrogen-bond donors (Lipinski definition) is 1. The Balaban J connectivity index is 2.38. The van der Waals surface area contributed by atoms with E-state index in [4.69, 9.17) is 23.2 Å². The zero-order chi connectivity index (χ0) is 11.7. The molecule has 1 aromatic heterocycles. The zero-order valence-corrected chi connectivity index (χ0v) is 11.9. The number of hydrogen-bond acceptors (Lipinski definition) is 2. The summed E-state index contributed by atoms with van der Waals surface area (Å²) in [5, 5.41) is 13.1. The lowest BCUT2D eigenvalue weighted by molar-refractivity contribution is 0.224. The molecular formula is C11H7BrCl2OS. The van der Waals surface area contributed by atoms with Crippen LogP contribution in [-0.4, -0.2) is 5.11 Å². The monoisotopic (exact) mass is 336 g/mol. The van der Waals surface area contributed by atoms with E-state index in [2.05, 4.69) is 15.9 Å². The third kappa shape index (κ3) is 2.44. The molecule has 16 heavy (non-hydrogen) atoms. The highest BCUT2D eigenvalue weighted by Gasteiger charge is 2.16. The predicted molar refractivity (Wildman–Crippen MR) is 72.5 cm³/mol. The minimum absolute atomic E-state index is 0.573. The number of aliphatic hydroxyl groups excluding tert-OH is 1. The van der Waals surface area contributed by atoms with Crippen molar-refractivity contribution in [2.75, 3.05) is 0 Å². The molecule has 0 aliphatic heterocycles. The summed E-state index contributed by atoms with van der Waals surface area (Å²) in [4.78, 5) is 0.736. The summed E-state index contributed by atoms with van der Waals surface area (Å²) in [6.45, 7) is 0. The summed E-state index contributed by atoms with van der Waals surface area (Å²) in [7, 11) is 0. The quantitative estimate of drug-likeness (QED) is 0.826. The lowest BCUT2D eigenvalue weighted by Gasteiger charge is -2.10. The molecule has 84 valence electrons. The maximum Gasteiger partial charge on any atom is 0.115 e. The van der Waals surface area contributed by atoms with Crippen molar-refractivity contribution in [3.63, 3.8) is 0 Å². The van der Waals surface area contributed by atoms with Gasteiger partial charge in [0.25, 0.3) is 0 Å². The molecule has 1 nitrogen and oxygen atoms in total. The highest BCUT2D eigenvalue weighted by atomic mass is 79.9. The van der Waals surface area contributed by atoms with Crippen molar-refractivity contribution >= 4 is 50.5 Å². The molecule has 2 aromatic rings. The Morgan fingerprint density at radius 1 is 1.19 bits per heavy atom. The average molecular weight is 338 g/mol. The summed E-state index contributed by atoms with van der Waals surface area (Å²) < 4.78 is 0.808. The van der Waals surface area contributed by atoms with E-state index >= 15 is 0 Å². The molecule has 1 aromatic carbocycles. The summed E-state index contributed by atoms with van der Waals surface area (Å²) >= 11 is 16.7. The molecule has 1 heterocycles. The third-order valence-corrected chi connectivity index (χ3v) is 4.80.